The van der Waals surface area contributed by atoms with Gasteiger partial charge >= 0.3 is 12.5 Å². The number of benzene rings is 1. The number of carbonyl (C=O) groups is 1. The number of hydrogen-bond acceptors (Lipinski definition) is 6. The predicted octanol–water partition coefficient (Wildman–Crippen LogP) is 2.61. The van der Waals surface area contributed by atoms with Gasteiger partial charge in [0.05, 0.1) is 12.2 Å². The van der Waals surface area contributed by atoms with Crippen LogP contribution in [-0.2, 0) is 20.0 Å². The minimum atomic E-state index is -4.87. The number of pyridine rings is 1. The molecule has 1 amide bonds. The quantitative estimate of drug-likeness (QED) is 0.593. The largest absolute Gasteiger partial charge is 0.573 e. The number of alkyl halides is 3. The van der Waals surface area contributed by atoms with Gasteiger partial charge in [-0.2, -0.15) is 4.68 Å². The van der Waals surface area contributed by atoms with Crippen LogP contribution in [0.2, 0.25) is 0 Å². The Hall–Kier alpha value is -4.29. The number of anilines is 2. The molecule has 0 unspecified atom stereocenters. The molecule has 0 saturated carbocycles. The zero-order valence-electron chi connectivity index (χ0n) is 17.7. The summed E-state index contributed by atoms with van der Waals surface area (Å²) in [6, 6.07) is 7.65. The molecule has 0 fully saturated rings. The van der Waals surface area contributed by atoms with Crippen molar-refractivity contribution in [3.8, 4) is 11.4 Å². The van der Waals surface area contributed by atoms with Gasteiger partial charge in [0.2, 0.25) is 0 Å². The van der Waals surface area contributed by atoms with Crippen LogP contribution >= 0.6 is 0 Å². The van der Waals surface area contributed by atoms with E-state index in [-0.39, 0.29) is 47.8 Å². The number of carboxylic acid groups (broad SMARTS) is 1. The van der Waals surface area contributed by atoms with Gasteiger partial charge in [0, 0.05) is 30.9 Å². The van der Waals surface area contributed by atoms with Gasteiger partial charge in [-0.25, -0.2) is 4.79 Å². The van der Waals surface area contributed by atoms with E-state index in [0.717, 1.165) is 21.7 Å². The Morgan fingerprint density at radius 2 is 1.82 bits per heavy atom. The van der Waals surface area contributed by atoms with Crippen LogP contribution in [0.1, 0.15) is 11.1 Å². The fourth-order valence-corrected chi connectivity index (χ4v) is 3.60. The van der Waals surface area contributed by atoms with Gasteiger partial charge in [0.15, 0.2) is 5.82 Å². The van der Waals surface area contributed by atoms with Gasteiger partial charge in [0.25, 0.3) is 11.1 Å². The minimum absolute atomic E-state index is 0.123. The van der Waals surface area contributed by atoms with Gasteiger partial charge in [0.1, 0.15) is 11.4 Å². The zero-order chi connectivity index (χ0) is 24.6. The Labute approximate surface area is 189 Å². The Bertz CT molecular complexity index is 1370. The summed E-state index contributed by atoms with van der Waals surface area (Å²) >= 11 is 0. The van der Waals surface area contributed by atoms with Gasteiger partial charge in [-0.3, -0.25) is 9.59 Å². The lowest BCUT2D eigenvalue weighted by Gasteiger charge is -2.27. The van der Waals surface area contributed by atoms with E-state index < -0.39 is 23.8 Å². The molecule has 1 aliphatic heterocycles. The average molecular weight is 477 g/mol. The SMILES string of the molecule is Cn1cccc(Nc2nn(-c3ccc(OC(F)(F)F)cc3)c(=O)c3c2CCN(C(=O)O)C3)c1=O. The Morgan fingerprint density at radius 1 is 1.12 bits per heavy atom. The molecule has 3 heterocycles. The molecule has 0 spiro atoms. The van der Waals surface area contributed by atoms with Crippen molar-refractivity contribution in [1.82, 2.24) is 19.2 Å². The van der Waals surface area contributed by atoms with Crippen molar-refractivity contribution in [2.75, 3.05) is 11.9 Å². The van der Waals surface area contributed by atoms with Crippen LogP contribution in [0.3, 0.4) is 0 Å². The highest BCUT2D eigenvalue weighted by molar-refractivity contribution is 5.67. The molecule has 0 bridgehead atoms. The van der Waals surface area contributed by atoms with Crippen molar-refractivity contribution < 1.29 is 27.8 Å². The summed E-state index contributed by atoms with van der Waals surface area (Å²) in [4.78, 5) is 38.2. The van der Waals surface area contributed by atoms with E-state index >= 15 is 0 Å². The highest BCUT2D eigenvalue weighted by Gasteiger charge is 2.31. The molecule has 2 N–H and O–H groups in total. The first-order valence-electron chi connectivity index (χ1n) is 9.95. The number of aromatic nitrogens is 3. The van der Waals surface area contributed by atoms with Gasteiger partial charge < -0.3 is 24.6 Å². The van der Waals surface area contributed by atoms with Crippen LogP contribution in [-0.4, -0.2) is 43.4 Å². The van der Waals surface area contributed by atoms with Gasteiger partial charge in [-0.1, -0.05) is 0 Å². The fraction of sp³-hybridized carbons (Fsp3) is 0.238. The maximum Gasteiger partial charge on any atom is 0.573 e. The van der Waals surface area contributed by atoms with Gasteiger partial charge in [-0.05, 0) is 42.8 Å². The summed E-state index contributed by atoms with van der Waals surface area (Å²) in [5.41, 5.74) is -0.0705. The van der Waals surface area contributed by atoms with E-state index in [1.54, 1.807) is 19.3 Å². The highest BCUT2D eigenvalue weighted by atomic mass is 19.4. The molecule has 0 atom stereocenters. The van der Waals surface area contributed by atoms with E-state index in [2.05, 4.69) is 15.2 Å². The summed E-state index contributed by atoms with van der Waals surface area (Å²) in [7, 11) is 1.56. The van der Waals surface area contributed by atoms with Gasteiger partial charge in [-0.15, -0.1) is 18.3 Å². The molecule has 3 aromatic rings. The minimum Gasteiger partial charge on any atom is -0.465 e. The second-order valence-corrected chi connectivity index (χ2v) is 7.48. The molecule has 4 rings (SSSR count). The maximum absolute atomic E-state index is 13.2. The highest BCUT2D eigenvalue weighted by Crippen LogP contribution is 2.26. The van der Waals surface area contributed by atoms with Crippen molar-refractivity contribution in [3.05, 3.63) is 74.4 Å². The van der Waals surface area contributed by atoms with Crippen molar-refractivity contribution in [3.63, 3.8) is 0 Å². The van der Waals surface area contributed by atoms with E-state index in [4.69, 9.17) is 0 Å². The Kier molecular flexibility index (Phi) is 5.77. The number of hydrogen-bond donors (Lipinski definition) is 2. The average Bonchev–Trinajstić information content (AvgIpc) is 2.78. The first-order valence-corrected chi connectivity index (χ1v) is 9.95. The topological polar surface area (TPSA) is 119 Å². The molecule has 2 aromatic heterocycles. The monoisotopic (exact) mass is 477 g/mol. The molecule has 1 aliphatic rings. The number of ether oxygens (including phenoxy) is 1. The number of rotatable bonds is 4. The molecule has 34 heavy (non-hydrogen) atoms. The second-order valence-electron chi connectivity index (χ2n) is 7.48. The summed E-state index contributed by atoms with van der Waals surface area (Å²) in [6.45, 7) is -0.0822. The third-order valence-corrected chi connectivity index (χ3v) is 5.24. The number of aryl methyl sites for hydroxylation is 1. The van der Waals surface area contributed by atoms with Crippen molar-refractivity contribution in [2.45, 2.75) is 19.3 Å². The lowest BCUT2D eigenvalue weighted by atomic mass is 10.0. The first kappa shape index (κ1) is 22.9. The van der Waals surface area contributed by atoms with E-state index in [9.17, 15) is 32.7 Å². The Morgan fingerprint density at radius 3 is 2.47 bits per heavy atom. The van der Waals surface area contributed by atoms with Crippen LogP contribution in [0.4, 0.5) is 29.5 Å². The number of nitrogens with zero attached hydrogens (tertiary/aromatic N) is 4. The normalized spacial score (nSPS) is 13.4. The zero-order valence-corrected chi connectivity index (χ0v) is 17.7. The lowest BCUT2D eigenvalue weighted by Crippen LogP contribution is -2.40. The predicted molar refractivity (Wildman–Crippen MR) is 114 cm³/mol. The maximum atomic E-state index is 13.2. The van der Waals surface area contributed by atoms with E-state index in [1.165, 1.54) is 22.8 Å². The fourth-order valence-electron chi connectivity index (χ4n) is 3.60. The lowest BCUT2D eigenvalue weighted by molar-refractivity contribution is -0.274. The summed E-state index contributed by atoms with van der Waals surface area (Å²) < 4.78 is 43.5. The van der Waals surface area contributed by atoms with Crippen LogP contribution in [0.25, 0.3) is 5.69 Å². The molecular formula is C21H18F3N5O5. The number of halogens is 3. The summed E-state index contributed by atoms with van der Waals surface area (Å²) in [5, 5.41) is 16.6. The molecule has 10 nitrogen and oxygen atoms in total. The molecular weight excluding hydrogens is 459 g/mol. The van der Waals surface area contributed by atoms with Crippen LogP contribution in [0.5, 0.6) is 5.75 Å². The third-order valence-electron chi connectivity index (χ3n) is 5.24. The summed E-state index contributed by atoms with van der Waals surface area (Å²) in [6.07, 6.45) is -4.33. The number of fused-ring (bicyclic) bond motifs is 1. The number of nitrogens with one attached hydrogen (secondary N) is 1. The molecule has 1 aromatic carbocycles. The van der Waals surface area contributed by atoms with Crippen molar-refractivity contribution in [1.29, 1.82) is 0 Å². The van der Waals surface area contributed by atoms with Crippen LogP contribution in [0.15, 0.2) is 52.2 Å². The standard InChI is InChI=1S/C21H18F3N5O5/c1-27-9-2-3-16(19(27)31)25-17-14-8-10-28(20(32)33)11-15(14)18(30)29(26-17)12-4-6-13(7-5-12)34-21(22,23)24/h2-7,9H,8,10-11H2,1H3,(H,25,26)(H,32,33). The van der Waals surface area contributed by atoms with Crippen LogP contribution in [0, 0.1) is 0 Å². The van der Waals surface area contributed by atoms with Crippen LogP contribution < -0.4 is 21.2 Å². The molecule has 178 valence electrons. The smallest absolute Gasteiger partial charge is 0.465 e. The first-order chi connectivity index (χ1) is 16.0. The molecule has 0 radical (unpaired) electrons. The summed E-state index contributed by atoms with van der Waals surface area (Å²) in [5.74, 6) is -0.316. The Balaban J connectivity index is 1.82. The second kappa shape index (κ2) is 8.57. The number of amides is 1. The molecule has 13 heteroatoms. The van der Waals surface area contributed by atoms with E-state index in [0.29, 0.717) is 5.56 Å². The third kappa shape index (κ3) is 4.58. The molecule has 0 aliphatic carbocycles. The van der Waals surface area contributed by atoms with E-state index in [1.807, 2.05) is 0 Å². The van der Waals surface area contributed by atoms with Crippen molar-refractivity contribution in [2.24, 2.45) is 7.05 Å². The molecule has 0 saturated heterocycles. The van der Waals surface area contributed by atoms with Crippen molar-refractivity contribution >= 4 is 17.6 Å².